The number of nitrogens with one attached hydrogen (secondary N) is 1. The minimum absolute atomic E-state index is 0.250. The number of hydrogen-bond acceptors (Lipinski definition) is 3. The van der Waals surface area contributed by atoms with Crippen molar-refractivity contribution in [3.05, 3.63) is 51.7 Å². The first-order valence-electron chi connectivity index (χ1n) is 6.74. The van der Waals surface area contributed by atoms with E-state index >= 15 is 0 Å². The van der Waals surface area contributed by atoms with Crippen LogP contribution in [-0.2, 0) is 12.8 Å². The van der Waals surface area contributed by atoms with Crippen molar-refractivity contribution < 1.29 is 4.79 Å². The van der Waals surface area contributed by atoms with Crippen molar-refractivity contribution in [1.82, 2.24) is 0 Å². The summed E-state index contributed by atoms with van der Waals surface area (Å²) in [6.07, 6.45) is 3.67. The molecule has 3 rings (SSSR count). The summed E-state index contributed by atoms with van der Waals surface area (Å²) in [5.41, 5.74) is 4.60. The maximum atomic E-state index is 12.2. The number of aryl methyl sites for hydroxylation is 2. The molecule has 2 heterocycles. The van der Waals surface area contributed by atoms with Crippen LogP contribution in [-0.4, -0.2) is 12.3 Å². The molecule has 0 bridgehead atoms. The zero-order valence-corrected chi connectivity index (χ0v) is 11.6. The topological polar surface area (TPSA) is 29.1 Å². The molecule has 0 saturated heterocycles. The maximum absolute atomic E-state index is 12.2. The van der Waals surface area contributed by atoms with E-state index in [1.807, 2.05) is 12.1 Å². The fourth-order valence-electron chi connectivity index (χ4n) is 2.49. The molecule has 0 saturated carbocycles. The molecule has 1 aliphatic heterocycles. The van der Waals surface area contributed by atoms with E-state index in [0.717, 1.165) is 31.4 Å². The number of carbonyl (C=O) groups excluding carboxylic acids is 1. The van der Waals surface area contributed by atoms with E-state index in [9.17, 15) is 4.79 Å². The highest BCUT2D eigenvalue weighted by atomic mass is 32.1. The van der Waals surface area contributed by atoms with Crippen molar-refractivity contribution in [2.24, 2.45) is 0 Å². The lowest BCUT2D eigenvalue weighted by Crippen LogP contribution is -2.12. The van der Waals surface area contributed by atoms with Gasteiger partial charge in [-0.05, 0) is 65.4 Å². The quantitative estimate of drug-likeness (QED) is 0.854. The summed E-state index contributed by atoms with van der Waals surface area (Å²) in [7, 11) is 0. The molecule has 2 nitrogen and oxygen atoms in total. The first-order valence-corrected chi connectivity index (χ1v) is 7.68. The van der Waals surface area contributed by atoms with E-state index in [2.05, 4.69) is 28.2 Å². The number of rotatable bonds is 4. The van der Waals surface area contributed by atoms with Gasteiger partial charge in [-0.3, -0.25) is 4.79 Å². The van der Waals surface area contributed by atoms with Gasteiger partial charge in [0.15, 0.2) is 5.78 Å². The molecule has 0 spiro atoms. The molecule has 0 atom stereocenters. The van der Waals surface area contributed by atoms with E-state index in [4.69, 9.17) is 0 Å². The van der Waals surface area contributed by atoms with Gasteiger partial charge in [0.1, 0.15) is 0 Å². The average molecular weight is 271 g/mol. The minimum Gasteiger partial charge on any atom is -0.385 e. The number of benzene rings is 1. The number of carbonyl (C=O) groups is 1. The number of ketones is 1. The molecular weight excluding hydrogens is 254 g/mol. The summed E-state index contributed by atoms with van der Waals surface area (Å²) in [5, 5.41) is 7.55. The summed E-state index contributed by atoms with van der Waals surface area (Å²) in [5.74, 6) is 0.250. The normalized spacial score (nSPS) is 13.7. The maximum Gasteiger partial charge on any atom is 0.163 e. The number of anilines is 1. The van der Waals surface area contributed by atoms with Crippen molar-refractivity contribution in [3.8, 4) is 0 Å². The third kappa shape index (κ3) is 2.87. The summed E-state index contributed by atoms with van der Waals surface area (Å²) in [4.78, 5) is 12.2. The summed E-state index contributed by atoms with van der Waals surface area (Å²) < 4.78 is 0. The second-order valence-electron chi connectivity index (χ2n) is 4.96. The lowest BCUT2D eigenvalue weighted by Gasteiger charge is -2.18. The van der Waals surface area contributed by atoms with Crippen molar-refractivity contribution in [2.75, 3.05) is 11.9 Å². The largest absolute Gasteiger partial charge is 0.385 e. The van der Waals surface area contributed by atoms with Crippen molar-refractivity contribution in [1.29, 1.82) is 0 Å². The highest BCUT2D eigenvalue weighted by molar-refractivity contribution is 7.07. The fourth-order valence-corrected chi connectivity index (χ4v) is 3.19. The van der Waals surface area contributed by atoms with E-state index in [1.165, 1.54) is 16.8 Å². The molecule has 19 heavy (non-hydrogen) atoms. The second-order valence-corrected chi connectivity index (χ2v) is 5.74. The summed E-state index contributed by atoms with van der Waals surface area (Å²) >= 11 is 1.69. The molecule has 0 radical (unpaired) electrons. The zero-order chi connectivity index (χ0) is 13.1. The highest BCUT2D eigenvalue weighted by Crippen LogP contribution is 2.23. The van der Waals surface area contributed by atoms with Crippen LogP contribution < -0.4 is 5.32 Å². The average Bonchev–Trinajstić information content (AvgIpc) is 2.97. The van der Waals surface area contributed by atoms with Gasteiger partial charge in [-0.1, -0.05) is 0 Å². The number of thiophene rings is 1. The lowest BCUT2D eigenvalue weighted by atomic mass is 9.97. The highest BCUT2D eigenvalue weighted by Gasteiger charge is 2.12. The van der Waals surface area contributed by atoms with Gasteiger partial charge in [-0.2, -0.15) is 11.3 Å². The van der Waals surface area contributed by atoms with Crippen molar-refractivity contribution in [3.63, 3.8) is 0 Å². The van der Waals surface area contributed by atoms with Crippen LogP contribution in [0.25, 0.3) is 0 Å². The Bertz CT molecular complexity index is 574. The van der Waals surface area contributed by atoms with Gasteiger partial charge in [-0.15, -0.1) is 0 Å². The monoisotopic (exact) mass is 271 g/mol. The van der Waals surface area contributed by atoms with Crippen LogP contribution in [0.3, 0.4) is 0 Å². The molecule has 0 fully saturated rings. The van der Waals surface area contributed by atoms with Gasteiger partial charge >= 0.3 is 0 Å². The van der Waals surface area contributed by atoms with E-state index in [1.54, 1.807) is 11.3 Å². The van der Waals surface area contributed by atoms with Crippen LogP contribution in [0.4, 0.5) is 5.69 Å². The first kappa shape index (κ1) is 12.4. The van der Waals surface area contributed by atoms with Crippen LogP contribution in [0.2, 0.25) is 0 Å². The SMILES string of the molecule is O=C(CCc1ccsc1)c1ccc2c(c1)CCCN2. The number of Topliss-reactive ketones (excluding diaryl/α,β-unsaturated/α-hetero) is 1. The van der Waals surface area contributed by atoms with Crippen LogP contribution in [0.15, 0.2) is 35.0 Å². The van der Waals surface area contributed by atoms with Crippen molar-refractivity contribution in [2.45, 2.75) is 25.7 Å². The minimum atomic E-state index is 0.250. The molecule has 1 N–H and O–H groups in total. The Labute approximate surface area is 117 Å². The zero-order valence-electron chi connectivity index (χ0n) is 10.8. The lowest BCUT2D eigenvalue weighted by molar-refractivity contribution is 0.0983. The Morgan fingerprint density at radius 2 is 2.26 bits per heavy atom. The molecule has 98 valence electrons. The predicted molar refractivity (Wildman–Crippen MR) is 80.2 cm³/mol. The molecular formula is C16H17NOS. The first-order chi connectivity index (χ1) is 9.33. The van der Waals surface area contributed by atoms with E-state index in [0.29, 0.717) is 6.42 Å². The summed E-state index contributed by atoms with van der Waals surface area (Å²) in [6.45, 7) is 1.04. The van der Waals surface area contributed by atoms with Crippen LogP contribution in [0.1, 0.15) is 34.3 Å². The third-order valence-electron chi connectivity index (χ3n) is 3.59. The van der Waals surface area contributed by atoms with Gasteiger partial charge in [0.2, 0.25) is 0 Å². The third-order valence-corrected chi connectivity index (χ3v) is 4.32. The molecule has 1 aromatic carbocycles. The van der Waals surface area contributed by atoms with E-state index < -0.39 is 0 Å². The van der Waals surface area contributed by atoms with Gasteiger partial charge in [-0.25, -0.2) is 0 Å². The van der Waals surface area contributed by atoms with Crippen molar-refractivity contribution >= 4 is 22.8 Å². The standard InChI is InChI=1S/C16H17NOS/c18-16(6-3-12-7-9-19-11-12)14-4-5-15-13(10-14)2-1-8-17-15/h4-5,7,9-11,17H,1-3,6,8H2. The van der Waals surface area contributed by atoms with Gasteiger partial charge in [0.05, 0.1) is 0 Å². The smallest absolute Gasteiger partial charge is 0.163 e. The molecule has 0 amide bonds. The summed E-state index contributed by atoms with van der Waals surface area (Å²) in [6, 6.07) is 8.16. The Balaban J connectivity index is 1.69. The van der Waals surface area contributed by atoms with E-state index in [-0.39, 0.29) is 5.78 Å². The Morgan fingerprint density at radius 3 is 3.11 bits per heavy atom. The Kier molecular flexibility index (Phi) is 3.65. The number of hydrogen-bond donors (Lipinski definition) is 1. The fraction of sp³-hybridized carbons (Fsp3) is 0.312. The molecule has 0 unspecified atom stereocenters. The second kappa shape index (κ2) is 5.57. The molecule has 0 aliphatic carbocycles. The molecule has 1 aromatic heterocycles. The van der Waals surface area contributed by atoms with Gasteiger partial charge in [0, 0.05) is 24.2 Å². The van der Waals surface area contributed by atoms with Gasteiger partial charge < -0.3 is 5.32 Å². The van der Waals surface area contributed by atoms with Crippen LogP contribution in [0, 0.1) is 0 Å². The molecule has 2 aromatic rings. The predicted octanol–water partition coefficient (Wildman–Crippen LogP) is 3.92. The van der Waals surface area contributed by atoms with Gasteiger partial charge in [0.25, 0.3) is 0 Å². The molecule has 3 heteroatoms. The Hall–Kier alpha value is -1.61. The van der Waals surface area contributed by atoms with Crippen LogP contribution in [0.5, 0.6) is 0 Å². The number of fused-ring (bicyclic) bond motifs is 1. The Morgan fingerprint density at radius 1 is 1.32 bits per heavy atom. The van der Waals surface area contributed by atoms with Crippen LogP contribution >= 0.6 is 11.3 Å². The molecule has 1 aliphatic rings.